The molecule has 38 heavy (non-hydrogen) atoms. The Morgan fingerprint density at radius 1 is 1.05 bits per heavy atom. The van der Waals surface area contributed by atoms with E-state index in [1.807, 2.05) is 0 Å². The van der Waals surface area contributed by atoms with Crippen molar-refractivity contribution in [2.45, 2.75) is 31.9 Å². The Labute approximate surface area is 212 Å². The molecule has 1 atom stereocenters. The smallest absolute Gasteiger partial charge is 0.432 e. The molecule has 0 aliphatic heterocycles. The van der Waals surface area contributed by atoms with Crippen LogP contribution in [0.5, 0.6) is 0 Å². The second kappa shape index (κ2) is 10.2. The highest BCUT2D eigenvalue weighted by atomic mass is 19.4. The number of aromatic nitrogens is 2. The molecule has 1 unspecified atom stereocenters. The molecule has 198 valence electrons. The maximum atomic E-state index is 13.7. The molecule has 0 spiro atoms. The molecule has 4 aromatic rings. The zero-order valence-corrected chi connectivity index (χ0v) is 19.7. The van der Waals surface area contributed by atoms with Crippen LogP contribution in [-0.4, -0.2) is 15.5 Å². The third-order valence-electron chi connectivity index (χ3n) is 5.76. The Kier molecular flexibility index (Phi) is 7.16. The van der Waals surface area contributed by atoms with Crippen LogP contribution in [0, 0.1) is 5.41 Å². The van der Waals surface area contributed by atoms with Gasteiger partial charge in [-0.1, -0.05) is 18.2 Å². The lowest BCUT2D eigenvalue weighted by molar-refractivity contribution is -0.140. The summed E-state index contributed by atoms with van der Waals surface area (Å²) in [5.74, 6) is -0.652. The van der Waals surface area contributed by atoms with Gasteiger partial charge in [-0.05, 0) is 60.0 Å². The van der Waals surface area contributed by atoms with Crippen LogP contribution in [0.2, 0.25) is 0 Å². The molecule has 6 nitrogen and oxygen atoms in total. The number of carbonyl (C=O) groups is 1. The fraction of sp³-hybridized carbons (Fsp3) is 0.192. The van der Waals surface area contributed by atoms with Crippen LogP contribution < -0.4 is 11.0 Å². The van der Waals surface area contributed by atoms with Gasteiger partial charge in [0, 0.05) is 23.5 Å². The first-order valence-corrected chi connectivity index (χ1v) is 11.2. The topological polar surface area (TPSA) is 83.9 Å². The normalized spacial score (nSPS) is 12.8. The van der Waals surface area contributed by atoms with Crippen molar-refractivity contribution in [3.8, 4) is 11.1 Å². The summed E-state index contributed by atoms with van der Waals surface area (Å²) in [5, 5.41) is 10.5. The summed E-state index contributed by atoms with van der Waals surface area (Å²) in [6, 6.07) is 10.4. The summed E-state index contributed by atoms with van der Waals surface area (Å²) in [4.78, 5) is 16.6. The number of nitrogens with one attached hydrogen (secondary N) is 2. The van der Waals surface area contributed by atoms with Gasteiger partial charge in [-0.3, -0.25) is 19.8 Å². The van der Waals surface area contributed by atoms with E-state index in [0.29, 0.717) is 11.1 Å². The van der Waals surface area contributed by atoms with Gasteiger partial charge in [0.15, 0.2) is 5.69 Å². The minimum atomic E-state index is -4.75. The zero-order valence-electron chi connectivity index (χ0n) is 19.7. The molecule has 0 fully saturated rings. The van der Waals surface area contributed by atoms with Gasteiger partial charge in [-0.15, -0.1) is 0 Å². The van der Waals surface area contributed by atoms with Crippen LogP contribution in [0.15, 0.2) is 77.7 Å². The quantitative estimate of drug-likeness (QED) is 0.289. The number of alkyl halides is 6. The van der Waals surface area contributed by atoms with Crippen molar-refractivity contribution in [2.75, 3.05) is 0 Å². The summed E-state index contributed by atoms with van der Waals surface area (Å²) in [5.41, 5.74) is -1.49. The summed E-state index contributed by atoms with van der Waals surface area (Å²) in [7, 11) is 0. The van der Waals surface area contributed by atoms with Gasteiger partial charge >= 0.3 is 12.4 Å². The predicted molar refractivity (Wildman–Crippen MR) is 124 cm³/mol. The van der Waals surface area contributed by atoms with Crippen LogP contribution in [0.25, 0.3) is 11.1 Å². The average Bonchev–Trinajstić information content (AvgIpc) is 3.26. The van der Waals surface area contributed by atoms with Gasteiger partial charge in [0.25, 0.3) is 11.6 Å². The van der Waals surface area contributed by atoms with E-state index in [2.05, 4.69) is 10.3 Å². The van der Waals surface area contributed by atoms with E-state index in [4.69, 9.17) is 9.83 Å². The minimum absolute atomic E-state index is 0.0175. The second-order valence-corrected chi connectivity index (χ2v) is 8.47. The van der Waals surface area contributed by atoms with Crippen LogP contribution in [-0.2, 0) is 18.9 Å². The third kappa shape index (κ3) is 5.96. The molecule has 0 radical (unpaired) electrons. The second-order valence-electron chi connectivity index (χ2n) is 8.47. The summed E-state index contributed by atoms with van der Waals surface area (Å²) >= 11 is 0. The van der Waals surface area contributed by atoms with Gasteiger partial charge in [0.2, 0.25) is 0 Å². The largest absolute Gasteiger partial charge is 0.433 e. The number of rotatable bonds is 6. The first kappa shape index (κ1) is 26.7. The maximum Gasteiger partial charge on any atom is 0.433 e. The van der Waals surface area contributed by atoms with Crippen LogP contribution in [0.1, 0.15) is 45.7 Å². The van der Waals surface area contributed by atoms with Gasteiger partial charge < -0.3 is 9.73 Å². The van der Waals surface area contributed by atoms with Crippen LogP contribution in [0.4, 0.5) is 26.3 Å². The zero-order chi connectivity index (χ0) is 27.7. The summed E-state index contributed by atoms with van der Waals surface area (Å²) in [6.45, 7) is 1.60. The number of hydrogen-bond donors (Lipinski definition) is 2. The third-order valence-corrected chi connectivity index (χ3v) is 5.76. The lowest BCUT2D eigenvalue weighted by Crippen LogP contribution is -2.27. The van der Waals surface area contributed by atoms with E-state index >= 15 is 0 Å². The number of pyridine rings is 1. The molecule has 4 rings (SSSR count). The molecular weight excluding hydrogens is 514 g/mol. The fourth-order valence-electron chi connectivity index (χ4n) is 3.88. The molecule has 2 aromatic heterocycles. The molecule has 1 amide bonds. The Morgan fingerprint density at radius 3 is 2.37 bits per heavy atom. The number of halogens is 6. The molecule has 0 bridgehead atoms. The highest BCUT2D eigenvalue weighted by molar-refractivity contribution is 5.96. The van der Waals surface area contributed by atoms with Crippen LogP contribution >= 0.6 is 0 Å². The lowest BCUT2D eigenvalue weighted by Gasteiger charge is -2.17. The molecule has 0 saturated heterocycles. The lowest BCUT2D eigenvalue weighted by atomic mass is 9.97. The number of nitrogens with zero attached hydrogens (tertiary/aromatic N) is 2. The monoisotopic (exact) mass is 534 g/mol. The summed E-state index contributed by atoms with van der Waals surface area (Å²) in [6.07, 6.45) is -5.50. The summed E-state index contributed by atoms with van der Waals surface area (Å²) < 4.78 is 85.9. The standard InChI is InChI=1S/C26H20F6N4O2/c1-15(17-4-6-20(7-5-17)25(27,28)29)35-23(37)19-12-16(14-36-9-10-38-24(36)33)11-18(13-19)21-3-2-8-34-22(21)26(30,31)32/h2-13,15,33H,14H2,1H3,(H,35,37). The fourth-order valence-corrected chi connectivity index (χ4v) is 3.88. The van der Waals surface area contributed by atoms with Gasteiger partial charge in [-0.2, -0.15) is 26.3 Å². The molecule has 0 aliphatic carbocycles. The number of oxazole rings is 1. The number of carbonyl (C=O) groups excluding carboxylic acids is 1. The van der Waals surface area contributed by atoms with Gasteiger partial charge in [0.1, 0.15) is 6.26 Å². The Morgan fingerprint density at radius 2 is 1.76 bits per heavy atom. The average molecular weight is 534 g/mol. The van der Waals surface area contributed by atoms with Crippen molar-refractivity contribution in [1.82, 2.24) is 14.9 Å². The van der Waals surface area contributed by atoms with Crippen molar-refractivity contribution in [3.05, 3.63) is 107 Å². The predicted octanol–water partition coefficient (Wildman–Crippen LogP) is 6.20. The van der Waals surface area contributed by atoms with E-state index in [0.717, 1.165) is 18.3 Å². The minimum Gasteiger partial charge on any atom is -0.432 e. The van der Waals surface area contributed by atoms with Gasteiger partial charge in [-0.25, -0.2) is 0 Å². The number of benzene rings is 2. The van der Waals surface area contributed by atoms with Crippen LogP contribution in [0.3, 0.4) is 0 Å². The van der Waals surface area contributed by atoms with Gasteiger partial charge in [0.05, 0.1) is 18.2 Å². The van der Waals surface area contributed by atoms with Crippen molar-refractivity contribution >= 4 is 5.91 Å². The number of amides is 1. The van der Waals surface area contributed by atoms with Crippen molar-refractivity contribution in [1.29, 1.82) is 5.41 Å². The Hall–Kier alpha value is -4.35. The Bertz CT molecular complexity index is 1500. The highest BCUT2D eigenvalue weighted by Gasteiger charge is 2.35. The van der Waals surface area contributed by atoms with E-state index in [9.17, 15) is 31.1 Å². The van der Waals surface area contributed by atoms with E-state index in [-0.39, 0.29) is 28.9 Å². The molecule has 2 N–H and O–H groups in total. The molecule has 2 heterocycles. The SMILES string of the molecule is CC(NC(=O)c1cc(Cn2ccoc2=N)cc(-c2cccnc2C(F)(F)F)c1)c1ccc(C(F)(F)F)cc1. The van der Waals surface area contributed by atoms with Crippen molar-refractivity contribution in [3.63, 3.8) is 0 Å². The first-order valence-electron chi connectivity index (χ1n) is 11.2. The first-order chi connectivity index (χ1) is 17.8. The van der Waals surface area contributed by atoms with E-state index < -0.39 is 35.6 Å². The maximum absolute atomic E-state index is 13.7. The highest BCUT2D eigenvalue weighted by Crippen LogP contribution is 2.36. The molecule has 0 saturated carbocycles. The van der Waals surface area contributed by atoms with E-state index in [1.54, 1.807) is 6.92 Å². The molecule has 2 aromatic carbocycles. The molecule has 0 aliphatic rings. The van der Waals surface area contributed by atoms with E-state index in [1.165, 1.54) is 59.5 Å². The molecular formula is C26H20F6N4O2. The molecule has 12 heteroatoms. The van der Waals surface area contributed by atoms with Crippen molar-refractivity contribution in [2.24, 2.45) is 0 Å². The van der Waals surface area contributed by atoms with Crippen molar-refractivity contribution < 1.29 is 35.6 Å². The Balaban J connectivity index is 1.70. The number of hydrogen-bond acceptors (Lipinski definition) is 4.